The van der Waals surface area contributed by atoms with Crippen LogP contribution in [0.5, 0.6) is 0 Å². The van der Waals surface area contributed by atoms with E-state index in [1.807, 2.05) is 0 Å². The van der Waals surface area contributed by atoms with E-state index in [0.29, 0.717) is 0 Å². The first-order chi connectivity index (χ1) is 4.74. The third-order valence-corrected chi connectivity index (χ3v) is 26.7. The van der Waals surface area contributed by atoms with Crippen LogP contribution in [0.25, 0.3) is 0 Å². The van der Waals surface area contributed by atoms with E-state index in [-0.39, 0.29) is 28.2 Å². The fraction of sp³-hybridized carbons (Fsp3) is 1.00. The minimum atomic E-state index is -0.527. The predicted octanol–water partition coefficient (Wildman–Crippen LogP) is 3.51. The first kappa shape index (κ1) is 11.3. The van der Waals surface area contributed by atoms with Gasteiger partial charge in [0.05, 0.1) is 0 Å². The molecule has 0 saturated heterocycles. The maximum absolute atomic E-state index is 2.43. The topological polar surface area (TPSA) is 0 Å². The number of hydrogen-bond acceptors (Lipinski definition) is 0. The second-order valence-electron chi connectivity index (χ2n) is 3.04. The zero-order valence-electron chi connectivity index (χ0n) is 7.91. The third-order valence-electron chi connectivity index (χ3n) is 2.75. The van der Waals surface area contributed by atoms with Gasteiger partial charge in [0, 0.05) is 0 Å². The molecule has 0 aromatic heterocycles. The van der Waals surface area contributed by atoms with Crippen LogP contribution in [0, 0.1) is 0 Å². The Balaban J connectivity index is 3.87. The molecule has 59 valence electrons. The first-order valence-electron chi connectivity index (χ1n) is 4.59. The van der Waals surface area contributed by atoms with Gasteiger partial charge in [0.25, 0.3) is 0 Å². The quantitative estimate of drug-likeness (QED) is 0.637. The Kier molecular flexibility index (Phi) is 6.69. The molecule has 0 rings (SSSR count). The Labute approximate surface area is 80.8 Å². The Morgan fingerprint density at radius 1 is 0.900 bits per heavy atom. The van der Waals surface area contributed by atoms with E-state index in [1.54, 1.807) is 21.4 Å². The molecule has 0 unspecified atom stereocenters. The molecule has 0 atom stereocenters. The van der Waals surface area contributed by atoms with Gasteiger partial charge in [0.2, 0.25) is 0 Å². The Hall–Kier alpha value is 1.32. The van der Waals surface area contributed by atoms with Gasteiger partial charge in [-0.3, -0.25) is 0 Å². The van der Waals surface area contributed by atoms with E-state index in [0.717, 1.165) is 0 Å². The second kappa shape index (κ2) is 5.91. The Morgan fingerprint density at radius 2 is 1.30 bits per heavy atom. The fourth-order valence-corrected chi connectivity index (χ4v) is 17.6. The van der Waals surface area contributed by atoms with Crippen LogP contribution in [0.3, 0.4) is 0 Å². The van der Waals surface area contributed by atoms with Crippen molar-refractivity contribution in [2.75, 3.05) is 0 Å². The summed E-state index contributed by atoms with van der Waals surface area (Å²) < 4.78 is 1.07. The fourth-order valence-electron chi connectivity index (χ4n) is 1.62. The van der Waals surface area contributed by atoms with Crippen LogP contribution in [-0.4, -0.2) is 4.09 Å². The minimum absolute atomic E-state index is 0.0682. The van der Waals surface area contributed by atoms with E-state index in [9.17, 15) is 0 Å². The molecule has 0 aliphatic rings. The van der Waals surface area contributed by atoms with Crippen molar-refractivity contribution < 1.29 is 28.2 Å². The van der Waals surface area contributed by atoms with Gasteiger partial charge < -0.3 is 0 Å². The molecule has 0 heterocycles. The molecule has 0 aliphatic heterocycles. The molecule has 0 spiro atoms. The summed E-state index contributed by atoms with van der Waals surface area (Å²) in [5.74, 6) is 0. The normalized spacial score (nSPS) is 11.2. The summed E-state index contributed by atoms with van der Waals surface area (Å²) >= 11 is -0.0682. The second-order valence-corrected chi connectivity index (χ2v) is 22.3. The maximum atomic E-state index is 2.43. The monoisotopic (exact) mass is 233 g/mol. The van der Waals surface area contributed by atoms with Gasteiger partial charge >= 0.3 is 81.4 Å². The Bertz CT molecular complexity index is 71.1. The van der Waals surface area contributed by atoms with E-state index in [1.165, 1.54) is 0 Å². The SMILES string of the molecule is C[CH2][Y][Si](CC)(CC)CC. The van der Waals surface area contributed by atoms with Crippen LogP contribution < -0.4 is 0 Å². The predicted molar refractivity (Wildman–Crippen MR) is 47.7 cm³/mol. The van der Waals surface area contributed by atoms with E-state index < -0.39 is 4.09 Å². The number of hydrogen-bond donors (Lipinski definition) is 0. The Morgan fingerprint density at radius 3 is 1.40 bits per heavy atom. The van der Waals surface area contributed by atoms with Crippen LogP contribution in [0.15, 0.2) is 0 Å². The molecule has 0 saturated carbocycles. The van der Waals surface area contributed by atoms with Crippen molar-refractivity contribution in [1.82, 2.24) is 0 Å². The van der Waals surface area contributed by atoms with Gasteiger partial charge in [-0.1, -0.05) is 0 Å². The van der Waals surface area contributed by atoms with E-state index >= 15 is 0 Å². The van der Waals surface area contributed by atoms with Crippen molar-refractivity contribution in [2.24, 2.45) is 0 Å². The van der Waals surface area contributed by atoms with E-state index in [2.05, 4.69) is 27.7 Å². The first-order valence-corrected chi connectivity index (χ1v) is 13.5. The van der Waals surface area contributed by atoms with Gasteiger partial charge in [-0.25, -0.2) is 0 Å². The molecular formula is C8H20SiY. The van der Waals surface area contributed by atoms with Crippen molar-refractivity contribution in [3.8, 4) is 0 Å². The summed E-state index contributed by atoms with van der Waals surface area (Å²) in [5, 5.41) is 0. The molecular weight excluding hydrogens is 213 g/mol. The summed E-state index contributed by atoms with van der Waals surface area (Å²) in [6, 6.07) is 4.74. The molecule has 0 radical (unpaired) electrons. The molecule has 10 heavy (non-hydrogen) atoms. The molecule has 2 heteroatoms. The average Bonchev–Trinajstić information content (AvgIpc) is 2.01. The van der Waals surface area contributed by atoms with Crippen molar-refractivity contribution in [1.29, 1.82) is 0 Å². The van der Waals surface area contributed by atoms with E-state index in [4.69, 9.17) is 0 Å². The van der Waals surface area contributed by atoms with Crippen LogP contribution in [0.2, 0.25) is 21.4 Å². The molecule has 0 aromatic rings. The average molecular weight is 233 g/mol. The van der Waals surface area contributed by atoms with Gasteiger partial charge in [-0.15, -0.1) is 0 Å². The summed E-state index contributed by atoms with van der Waals surface area (Å²) in [7, 11) is 0. The molecule has 0 aliphatic carbocycles. The summed E-state index contributed by atoms with van der Waals surface area (Å²) in [4.78, 5) is 0. The van der Waals surface area contributed by atoms with Crippen molar-refractivity contribution in [2.45, 2.75) is 49.1 Å². The van der Waals surface area contributed by atoms with Crippen molar-refractivity contribution in [3.05, 3.63) is 0 Å². The van der Waals surface area contributed by atoms with Crippen LogP contribution in [0.4, 0.5) is 0 Å². The zero-order chi connectivity index (χ0) is 8.04. The van der Waals surface area contributed by atoms with Gasteiger partial charge in [0.1, 0.15) is 0 Å². The van der Waals surface area contributed by atoms with Crippen LogP contribution >= 0.6 is 0 Å². The number of rotatable bonds is 5. The summed E-state index contributed by atoms with van der Waals surface area (Å²) in [6.45, 7) is 9.70. The summed E-state index contributed by atoms with van der Waals surface area (Å²) in [5.41, 5.74) is 0. The molecule has 0 N–H and O–H groups in total. The van der Waals surface area contributed by atoms with Gasteiger partial charge in [-0.2, -0.15) is 0 Å². The molecule has 0 aromatic carbocycles. The molecule has 0 nitrogen and oxygen atoms in total. The summed E-state index contributed by atoms with van der Waals surface area (Å²) in [6.07, 6.45) is 0. The third kappa shape index (κ3) is 3.15. The zero-order valence-corrected chi connectivity index (χ0v) is 11.7. The molecule has 0 fully saturated rings. The van der Waals surface area contributed by atoms with Crippen LogP contribution in [0.1, 0.15) is 27.7 Å². The standard InChI is InChI=1S/C6H15Si.C2H5.Y/c1-4-7(5-2)6-3;1-2;/h4-6H2,1-3H3;1H2,2H3;. The molecule has 0 amide bonds. The van der Waals surface area contributed by atoms with Gasteiger partial charge in [0.15, 0.2) is 0 Å². The molecule has 0 bridgehead atoms. The van der Waals surface area contributed by atoms with Crippen LogP contribution in [-0.2, 0) is 28.2 Å². The van der Waals surface area contributed by atoms with Gasteiger partial charge in [-0.05, 0) is 0 Å². The van der Waals surface area contributed by atoms with Crippen molar-refractivity contribution in [3.63, 3.8) is 0 Å². The van der Waals surface area contributed by atoms with Crippen molar-refractivity contribution >= 4 is 4.09 Å².